The second-order valence-corrected chi connectivity index (χ2v) is 6.37. The minimum Gasteiger partial charge on any atom is -0.354 e. The number of benzene rings is 1. The van der Waals surface area contributed by atoms with Crippen LogP contribution in [0, 0.1) is 16.0 Å². The molecule has 0 saturated heterocycles. The van der Waals surface area contributed by atoms with Crippen LogP contribution < -0.4 is 5.32 Å². The lowest BCUT2D eigenvalue weighted by Crippen LogP contribution is -2.41. The largest absolute Gasteiger partial charge is 0.354 e. The first-order chi connectivity index (χ1) is 12.4. The molecule has 0 radical (unpaired) electrons. The molecular weight excluding hydrogens is 338 g/mol. The quantitative estimate of drug-likeness (QED) is 0.413. The van der Waals surface area contributed by atoms with Crippen LogP contribution in [0.5, 0.6) is 0 Å². The average molecular weight is 361 g/mol. The lowest BCUT2D eigenvalue weighted by atomic mass is 9.99. The molecule has 1 aliphatic rings. The second-order valence-electron chi connectivity index (χ2n) is 6.37. The number of amides is 3. The van der Waals surface area contributed by atoms with E-state index in [4.69, 9.17) is 0 Å². The fourth-order valence-corrected chi connectivity index (χ4v) is 3.01. The number of nitrogens with zero attached hydrogens (tertiary/aromatic N) is 2. The summed E-state index contributed by atoms with van der Waals surface area (Å²) in [6.45, 7) is 4.20. The first-order valence-corrected chi connectivity index (χ1v) is 8.80. The lowest BCUT2D eigenvalue weighted by molar-refractivity contribution is -0.385. The Bertz CT molecular complexity index is 732. The van der Waals surface area contributed by atoms with Gasteiger partial charge in [0, 0.05) is 12.6 Å². The molecule has 0 fully saturated rings. The Morgan fingerprint density at radius 3 is 2.62 bits per heavy atom. The number of imide groups is 1. The van der Waals surface area contributed by atoms with Gasteiger partial charge in [-0.2, -0.15) is 0 Å². The summed E-state index contributed by atoms with van der Waals surface area (Å²) in [5.74, 6) is -1.58. The van der Waals surface area contributed by atoms with Crippen molar-refractivity contribution < 1.29 is 19.3 Å². The van der Waals surface area contributed by atoms with Crippen LogP contribution in [0.15, 0.2) is 18.2 Å². The van der Waals surface area contributed by atoms with Gasteiger partial charge in [-0.15, -0.1) is 0 Å². The van der Waals surface area contributed by atoms with Gasteiger partial charge in [0.05, 0.1) is 10.5 Å². The summed E-state index contributed by atoms with van der Waals surface area (Å²) in [5.41, 5.74) is -0.703. The van der Waals surface area contributed by atoms with Gasteiger partial charge in [-0.05, 0) is 18.4 Å². The molecule has 1 N–H and O–H groups in total. The zero-order valence-corrected chi connectivity index (χ0v) is 15.0. The fraction of sp³-hybridized carbons (Fsp3) is 0.500. The highest BCUT2D eigenvalue weighted by atomic mass is 16.6. The fourth-order valence-electron chi connectivity index (χ4n) is 3.01. The van der Waals surface area contributed by atoms with E-state index in [9.17, 15) is 24.5 Å². The third-order valence-corrected chi connectivity index (χ3v) is 4.61. The summed E-state index contributed by atoms with van der Waals surface area (Å²) in [7, 11) is 0. The van der Waals surface area contributed by atoms with Crippen molar-refractivity contribution in [1.82, 2.24) is 10.2 Å². The van der Waals surface area contributed by atoms with E-state index in [0.29, 0.717) is 12.5 Å². The molecule has 26 heavy (non-hydrogen) atoms. The molecule has 0 unspecified atom stereocenters. The number of rotatable bonds is 9. The van der Waals surface area contributed by atoms with E-state index < -0.39 is 34.9 Å². The molecule has 2 rings (SSSR count). The van der Waals surface area contributed by atoms with Crippen LogP contribution in [-0.4, -0.2) is 40.6 Å². The van der Waals surface area contributed by atoms with Crippen molar-refractivity contribution in [3.63, 3.8) is 0 Å². The first-order valence-electron chi connectivity index (χ1n) is 8.80. The number of nitro groups is 1. The van der Waals surface area contributed by atoms with Gasteiger partial charge >= 0.3 is 0 Å². The molecule has 1 heterocycles. The second kappa shape index (κ2) is 8.55. The molecule has 0 spiro atoms. The topological polar surface area (TPSA) is 110 Å². The Morgan fingerprint density at radius 2 is 2.00 bits per heavy atom. The van der Waals surface area contributed by atoms with Gasteiger partial charge in [-0.3, -0.25) is 29.4 Å². The summed E-state index contributed by atoms with van der Waals surface area (Å²) >= 11 is 0. The van der Waals surface area contributed by atoms with E-state index in [0.717, 1.165) is 30.6 Å². The molecule has 0 saturated carbocycles. The third kappa shape index (κ3) is 4.07. The predicted molar refractivity (Wildman–Crippen MR) is 94.8 cm³/mol. The SMILES string of the molecule is CCCC[C@H](CC)CNC(=O)CN1C(=O)c2cccc([N+](=O)[O-])c2C1=O. The number of unbranched alkanes of at least 4 members (excludes halogenated alkanes) is 1. The zero-order valence-electron chi connectivity index (χ0n) is 15.0. The Kier molecular flexibility index (Phi) is 6.43. The van der Waals surface area contributed by atoms with Crippen molar-refractivity contribution in [3.05, 3.63) is 39.4 Å². The van der Waals surface area contributed by atoms with Crippen molar-refractivity contribution in [2.75, 3.05) is 13.1 Å². The summed E-state index contributed by atoms with van der Waals surface area (Å²) < 4.78 is 0. The Morgan fingerprint density at radius 1 is 1.27 bits per heavy atom. The normalized spacial score (nSPS) is 14.3. The van der Waals surface area contributed by atoms with Crippen molar-refractivity contribution in [2.45, 2.75) is 39.5 Å². The molecule has 1 aliphatic heterocycles. The molecule has 0 aromatic heterocycles. The molecule has 0 bridgehead atoms. The predicted octanol–water partition coefficient (Wildman–Crippen LogP) is 2.52. The van der Waals surface area contributed by atoms with Crippen molar-refractivity contribution in [3.8, 4) is 0 Å². The lowest BCUT2D eigenvalue weighted by Gasteiger charge is -2.17. The van der Waals surface area contributed by atoms with Gasteiger partial charge < -0.3 is 5.32 Å². The summed E-state index contributed by atoms with van der Waals surface area (Å²) in [6.07, 6.45) is 4.10. The Hall–Kier alpha value is -2.77. The van der Waals surface area contributed by atoms with E-state index in [1.807, 2.05) is 0 Å². The van der Waals surface area contributed by atoms with Gasteiger partial charge in [-0.25, -0.2) is 0 Å². The van der Waals surface area contributed by atoms with Gasteiger partial charge in [0.1, 0.15) is 12.1 Å². The molecular formula is C18H23N3O5. The van der Waals surface area contributed by atoms with Gasteiger partial charge in [0.15, 0.2) is 0 Å². The number of nitro benzene ring substituents is 1. The highest BCUT2D eigenvalue weighted by Crippen LogP contribution is 2.30. The van der Waals surface area contributed by atoms with Crippen LogP contribution in [0.1, 0.15) is 60.2 Å². The van der Waals surface area contributed by atoms with Crippen LogP contribution in [0.4, 0.5) is 5.69 Å². The molecule has 8 heteroatoms. The van der Waals surface area contributed by atoms with Crippen molar-refractivity contribution in [1.29, 1.82) is 0 Å². The monoisotopic (exact) mass is 361 g/mol. The molecule has 1 aromatic carbocycles. The number of fused-ring (bicyclic) bond motifs is 1. The molecule has 140 valence electrons. The van der Waals surface area contributed by atoms with Gasteiger partial charge in [-0.1, -0.05) is 39.2 Å². The maximum absolute atomic E-state index is 12.4. The maximum Gasteiger partial charge on any atom is 0.282 e. The molecule has 3 amide bonds. The highest BCUT2D eigenvalue weighted by Gasteiger charge is 2.41. The number of carbonyl (C=O) groups is 3. The number of hydrogen-bond donors (Lipinski definition) is 1. The summed E-state index contributed by atoms with van der Waals surface area (Å²) in [4.78, 5) is 48.1. The van der Waals surface area contributed by atoms with Gasteiger partial charge in [0.25, 0.3) is 17.5 Å². The van der Waals surface area contributed by atoms with E-state index in [2.05, 4.69) is 19.2 Å². The van der Waals surface area contributed by atoms with Crippen LogP contribution in [0.3, 0.4) is 0 Å². The number of nitrogens with one attached hydrogen (secondary N) is 1. The van der Waals surface area contributed by atoms with Crippen molar-refractivity contribution in [2.24, 2.45) is 5.92 Å². The molecule has 1 aromatic rings. The third-order valence-electron chi connectivity index (χ3n) is 4.61. The molecule has 1 atom stereocenters. The summed E-state index contributed by atoms with van der Waals surface area (Å²) in [6, 6.07) is 3.89. The van der Waals surface area contributed by atoms with E-state index >= 15 is 0 Å². The average Bonchev–Trinajstić information content (AvgIpc) is 2.86. The van der Waals surface area contributed by atoms with E-state index in [1.54, 1.807) is 0 Å². The summed E-state index contributed by atoms with van der Waals surface area (Å²) in [5, 5.41) is 13.8. The first kappa shape index (κ1) is 19.6. The van der Waals surface area contributed by atoms with Crippen LogP contribution >= 0.6 is 0 Å². The van der Waals surface area contributed by atoms with Crippen LogP contribution in [-0.2, 0) is 4.79 Å². The number of hydrogen-bond acceptors (Lipinski definition) is 5. The van der Waals surface area contributed by atoms with Crippen LogP contribution in [0.2, 0.25) is 0 Å². The zero-order chi connectivity index (χ0) is 19.3. The van der Waals surface area contributed by atoms with E-state index in [-0.39, 0.29) is 11.1 Å². The van der Waals surface area contributed by atoms with Gasteiger partial charge in [0.2, 0.25) is 5.91 Å². The maximum atomic E-state index is 12.4. The van der Waals surface area contributed by atoms with Crippen molar-refractivity contribution >= 4 is 23.4 Å². The molecule has 8 nitrogen and oxygen atoms in total. The molecule has 0 aliphatic carbocycles. The smallest absolute Gasteiger partial charge is 0.282 e. The van der Waals surface area contributed by atoms with E-state index in [1.165, 1.54) is 18.2 Å². The minimum absolute atomic E-state index is 0.0358. The standard InChI is InChI=1S/C18H23N3O5/c1-3-5-7-12(4-2)10-19-15(22)11-20-17(23)13-8-6-9-14(21(25)26)16(13)18(20)24/h6,8-9,12H,3-5,7,10-11H2,1-2H3,(H,19,22)/t12-/m0/s1. The highest BCUT2D eigenvalue weighted by molar-refractivity contribution is 6.24. The Labute approximate surface area is 151 Å². The van der Waals surface area contributed by atoms with Crippen LogP contribution in [0.25, 0.3) is 0 Å². The Balaban J connectivity index is 2.03. The minimum atomic E-state index is -0.800. The number of carbonyl (C=O) groups excluding carboxylic acids is 3.